The standard InChI is InChI=1S/C18H26N2O5/c19-17(24)18-14(22)11-25-15(18)7-4-10-20(18)16(23)13(21)9-8-12-5-2-1-3-6-12/h12,15H,1-11H2,(H2,19,24). The predicted octanol–water partition coefficient (Wildman–Crippen LogP) is 0.730. The molecule has 0 radical (unpaired) electrons. The second-order valence-corrected chi connectivity index (χ2v) is 7.42. The summed E-state index contributed by atoms with van der Waals surface area (Å²) in [4.78, 5) is 50.8. The Morgan fingerprint density at radius 3 is 2.52 bits per heavy atom. The van der Waals surface area contributed by atoms with Gasteiger partial charge in [-0.25, -0.2) is 0 Å². The lowest BCUT2D eigenvalue weighted by atomic mass is 9.80. The van der Waals surface area contributed by atoms with Gasteiger partial charge in [-0.1, -0.05) is 32.1 Å². The molecular formula is C18H26N2O5. The summed E-state index contributed by atoms with van der Waals surface area (Å²) < 4.78 is 5.39. The quantitative estimate of drug-likeness (QED) is 0.581. The van der Waals surface area contributed by atoms with E-state index in [-0.39, 0.29) is 19.6 Å². The molecule has 2 aliphatic heterocycles. The third-order valence-corrected chi connectivity index (χ3v) is 5.94. The van der Waals surface area contributed by atoms with Crippen LogP contribution in [0.15, 0.2) is 0 Å². The Kier molecular flexibility index (Phi) is 5.22. The van der Waals surface area contributed by atoms with Gasteiger partial charge >= 0.3 is 0 Å². The molecule has 0 spiro atoms. The Bertz CT molecular complexity index is 584. The van der Waals surface area contributed by atoms with Gasteiger partial charge in [0.15, 0.2) is 5.78 Å². The van der Waals surface area contributed by atoms with Gasteiger partial charge in [0.25, 0.3) is 11.8 Å². The topological polar surface area (TPSA) is 107 Å². The Morgan fingerprint density at radius 2 is 1.84 bits per heavy atom. The van der Waals surface area contributed by atoms with Crippen LogP contribution in [0.25, 0.3) is 0 Å². The smallest absolute Gasteiger partial charge is 0.291 e. The zero-order valence-corrected chi connectivity index (χ0v) is 14.5. The van der Waals surface area contributed by atoms with Crippen LogP contribution in [-0.4, -0.2) is 53.1 Å². The van der Waals surface area contributed by atoms with Crippen LogP contribution >= 0.6 is 0 Å². The zero-order valence-electron chi connectivity index (χ0n) is 14.5. The average Bonchev–Trinajstić information content (AvgIpc) is 2.98. The lowest BCUT2D eigenvalue weighted by Gasteiger charge is -2.43. The highest BCUT2D eigenvalue weighted by Gasteiger charge is 2.63. The highest BCUT2D eigenvalue weighted by Crippen LogP contribution is 2.37. The van der Waals surface area contributed by atoms with Crippen molar-refractivity contribution in [2.75, 3.05) is 13.2 Å². The second kappa shape index (κ2) is 7.23. The minimum atomic E-state index is -1.80. The van der Waals surface area contributed by atoms with Crippen LogP contribution in [-0.2, 0) is 23.9 Å². The van der Waals surface area contributed by atoms with Gasteiger partial charge in [0.1, 0.15) is 6.61 Å². The van der Waals surface area contributed by atoms with E-state index in [1.807, 2.05) is 0 Å². The number of likely N-dealkylation sites (tertiary alicyclic amines) is 1. The number of ketones is 2. The van der Waals surface area contributed by atoms with E-state index in [0.29, 0.717) is 25.2 Å². The molecule has 1 aliphatic carbocycles. The molecule has 3 aliphatic rings. The van der Waals surface area contributed by atoms with E-state index in [4.69, 9.17) is 10.5 Å². The largest absolute Gasteiger partial charge is 0.367 e. The van der Waals surface area contributed by atoms with Gasteiger partial charge in [0, 0.05) is 13.0 Å². The minimum Gasteiger partial charge on any atom is -0.367 e. The summed E-state index contributed by atoms with van der Waals surface area (Å²) >= 11 is 0. The maximum Gasteiger partial charge on any atom is 0.291 e. The molecule has 2 heterocycles. The molecule has 2 atom stereocenters. The van der Waals surface area contributed by atoms with Crippen molar-refractivity contribution in [3.63, 3.8) is 0 Å². The molecule has 0 bridgehead atoms. The summed E-state index contributed by atoms with van der Waals surface area (Å²) in [5.74, 6) is -2.22. The molecule has 3 fully saturated rings. The van der Waals surface area contributed by atoms with Gasteiger partial charge in [-0.15, -0.1) is 0 Å². The number of ether oxygens (including phenoxy) is 1. The fourth-order valence-corrected chi connectivity index (χ4v) is 4.57. The van der Waals surface area contributed by atoms with Crippen molar-refractivity contribution >= 4 is 23.4 Å². The molecule has 7 heteroatoms. The van der Waals surface area contributed by atoms with Crippen LogP contribution in [0.3, 0.4) is 0 Å². The number of carbonyl (C=O) groups is 4. The monoisotopic (exact) mass is 350 g/mol. The lowest BCUT2D eigenvalue weighted by molar-refractivity contribution is -0.161. The number of piperidine rings is 1. The van der Waals surface area contributed by atoms with E-state index in [2.05, 4.69) is 0 Å². The molecular weight excluding hydrogens is 324 g/mol. The molecule has 0 aromatic heterocycles. The summed E-state index contributed by atoms with van der Waals surface area (Å²) in [6.45, 7) is -0.0593. The molecule has 1 saturated carbocycles. The second-order valence-electron chi connectivity index (χ2n) is 7.42. The van der Waals surface area contributed by atoms with E-state index in [1.165, 1.54) is 19.3 Å². The first-order chi connectivity index (χ1) is 12.0. The summed E-state index contributed by atoms with van der Waals surface area (Å²) in [6, 6.07) is 0. The highest BCUT2D eigenvalue weighted by molar-refractivity contribution is 6.37. The third-order valence-electron chi connectivity index (χ3n) is 5.94. The minimum absolute atomic E-state index is 0.161. The molecule has 3 rings (SSSR count). The van der Waals surface area contributed by atoms with Crippen molar-refractivity contribution in [2.45, 2.75) is 69.4 Å². The van der Waals surface area contributed by atoms with Crippen molar-refractivity contribution in [1.82, 2.24) is 4.90 Å². The predicted molar refractivity (Wildman–Crippen MR) is 88.4 cm³/mol. The van der Waals surface area contributed by atoms with Crippen molar-refractivity contribution in [3.05, 3.63) is 0 Å². The van der Waals surface area contributed by atoms with Gasteiger partial charge in [0.05, 0.1) is 6.10 Å². The number of fused-ring (bicyclic) bond motifs is 1. The normalized spacial score (nSPS) is 30.2. The van der Waals surface area contributed by atoms with Gasteiger partial charge in [-0.05, 0) is 25.2 Å². The van der Waals surface area contributed by atoms with Crippen LogP contribution in [0.4, 0.5) is 0 Å². The number of amides is 2. The van der Waals surface area contributed by atoms with Gasteiger partial charge in [-0.3, -0.25) is 19.2 Å². The molecule has 2 amide bonds. The van der Waals surface area contributed by atoms with E-state index < -0.39 is 35.0 Å². The first-order valence-electron chi connectivity index (χ1n) is 9.27. The van der Waals surface area contributed by atoms with E-state index in [1.54, 1.807) is 0 Å². The van der Waals surface area contributed by atoms with Crippen LogP contribution in [0.2, 0.25) is 0 Å². The number of hydrogen-bond donors (Lipinski definition) is 1. The number of Topliss-reactive ketones (excluding diaryl/α,β-unsaturated/α-hetero) is 2. The van der Waals surface area contributed by atoms with Crippen molar-refractivity contribution < 1.29 is 23.9 Å². The molecule has 0 aromatic rings. The molecule has 138 valence electrons. The zero-order chi connectivity index (χ0) is 18.0. The third kappa shape index (κ3) is 3.10. The molecule has 2 saturated heterocycles. The van der Waals surface area contributed by atoms with Crippen molar-refractivity contribution in [3.8, 4) is 0 Å². The molecule has 25 heavy (non-hydrogen) atoms. The Hall–Kier alpha value is -1.76. The van der Waals surface area contributed by atoms with Gasteiger partial charge in [0.2, 0.25) is 11.3 Å². The maximum atomic E-state index is 12.7. The van der Waals surface area contributed by atoms with Crippen molar-refractivity contribution in [1.29, 1.82) is 0 Å². The maximum absolute atomic E-state index is 12.7. The molecule has 2 unspecified atom stereocenters. The number of hydrogen-bond acceptors (Lipinski definition) is 5. The average molecular weight is 350 g/mol. The first-order valence-corrected chi connectivity index (χ1v) is 9.27. The fraction of sp³-hybridized carbons (Fsp3) is 0.778. The SMILES string of the molecule is NC(=O)C12C(=O)COC1CCCN2C(=O)C(=O)CCC1CCCCC1. The molecule has 7 nitrogen and oxygen atoms in total. The van der Waals surface area contributed by atoms with E-state index in [0.717, 1.165) is 17.7 Å². The van der Waals surface area contributed by atoms with E-state index >= 15 is 0 Å². The van der Waals surface area contributed by atoms with Crippen LogP contribution in [0, 0.1) is 5.92 Å². The summed E-state index contributed by atoms with van der Waals surface area (Å²) in [5.41, 5.74) is 3.71. The van der Waals surface area contributed by atoms with Gasteiger partial charge < -0.3 is 15.4 Å². The van der Waals surface area contributed by atoms with Crippen LogP contribution in [0.5, 0.6) is 0 Å². The van der Waals surface area contributed by atoms with Crippen molar-refractivity contribution in [2.24, 2.45) is 11.7 Å². The molecule has 0 aromatic carbocycles. The fourth-order valence-electron chi connectivity index (χ4n) is 4.57. The van der Waals surface area contributed by atoms with Gasteiger partial charge in [-0.2, -0.15) is 0 Å². The summed E-state index contributed by atoms with van der Waals surface area (Å²) in [6.07, 6.45) is 6.97. The number of nitrogens with zero attached hydrogens (tertiary/aromatic N) is 1. The number of carbonyl (C=O) groups excluding carboxylic acids is 4. The Labute approximate surface area is 147 Å². The van der Waals surface area contributed by atoms with Crippen LogP contribution in [0.1, 0.15) is 57.8 Å². The molecule has 2 N–H and O–H groups in total. The summed E-state index contributed by atoms with van der Waals surface area (Å²) in [5, 5.41) is 0. The highest BCUT2D eigenvalue weighted by atomic mass is 16.5. The Morgan fingerprint density at radius 1 is 1.12 bits per heavy atom. The number of nitrogens with two attached hydrogens (primary N) is 1. The number of rotatable bonds is 5. The Balaban J connectivity index is 1.71. The first kappa shape index (κ1) is 18.0. The summed E-state index contributed by atoms with van der Waals surface area (Å²) in [7, 11) is 0. The number of primary amides is 1. The van der Waals surface area contributed by atoms with Crippen LogP contribution < -0.4 is 5.73 Å². The van der Waals surface area contributed by atoms with E-state index in [9.17, 15) is 19.2 Å². The lowest BCUT2D eigenvalue weighted by Crippen LogP contribution is -2.70.